The quantitative estimate of drug-likeness (QED) is 0.714. The number of carbonyl (C=O) groups is 1. The molecule has 0 atom stereocenters. The van der Waals surface area contributed by atoms with E-state index < -0.39 is 5.97 Å². The number of aromatic carboxylic acids is 1. The first-order valence-corrected chi connectivity index (χ1v) is 5.48. The second kappa shape index (κ2) is 5.59. The lowest BCUT2D eigenvalue weighted by atomic mass is 10.2. The molecule has 0 aromatic carbocycles. The number of thiazole rings is 1. The summed E-state index contributed by atoms with van der Waals surface area (Å²) in [6.07, 6.45) is 4.84. The monoisotopic (exact) mass is 214 g/mol. The molecule has 0 aliphatic heterocycles. The van der Waals surface area contributed by atoms with Gasteiger partial charge in [-0.25, -0.2) is 9.78 Å². The zero-order valence-electron chi connectivity index (χ0n) is 8.12. The Hall–Kier alpha value is -1.10. The maximum absolute atomic E-state index is 10.5. The van der Waals surface area contributed by atoms with Crippen LogP contribution in [0.3, 0.4) is 0 Å². The van der Waals surface area contributed by atoms with Gasteiger partial charge in [0.25, 0.3) is 0 Å². The van der Waals surface area contributed by atoms with Gasteiger partial charge in [0.2, 0.25) is 0 Å². The molecule has 4 nitrogen and oxygen atoms in total. The van der Waals surface area contributed by atoms with E-state index in [1.807, 2.05) is 0 Å². The van der Waals surface area contributed by atoms with Crippen molar-refractivity contribution in [1.29, 1.82) is 0 Å². The molecular weight excluding hydrogens is 200 g/mol. The van der Waals surface area contributed by atoms with Gasteiger partial charge in [-0.15, -0.1) is 0 Å². The summed E-state index contributed by atoms with van der Waals surface area (Å²) in [5.41, 5.74) is 0. The van der Waals surface area contributed by atoms with E-state index in [0.717, 1.165) is 13.0 Å². The average Bonchev–Trinajstić information content (AvgIpc) is 2.61. The predicted molar refractivity (Wildman–Crippen MR) is 57.1 cm³/mol. The van der Waals surface area contributed by atoms with Crippen molar-refractivity contribution in [3.05, 3.63) is 11.1 Å². The fourth-order valence-electron chi connectivity index (χ4n) is 1.03. The molecule has 2 N–H and O–H groups in total. The summed E-state index contributed by atoms with van der Waals surface area (Å²) in [5, 5.41) is 12.4. The average molecular weight is 214 g/mol. The van der Waals surface area contributed by atoms with E-state index in [-0.39, 0.29) is 4.88 Å². The highest BCUT2D eigenvalue weighted by Gasteiger charge is 2.07. The highest BCUT2D eigenvalue weighted by Crippen LogP contribution is 2.17. The Morgan fingerprint density at radius 1 is 1.64 bits per heavy atom. The lowest BCUT2D eigenvalue weighted by Crippen LogP contribution is -2.00. The third-order valence-electron chi connectivity index (χ3n) is 1.77. The van der Waals surface area contributed by atoms with Gasteiger partial charge in [-0.05, 0) is 6.42 Å². The van der Waals surface area contributed by atoms with Gasteiger partial charge in [-0.3, -0.25) is 0 Å². The third-order valence-corrected chi connectivity index (χ3v) is 2.72. The van der Waals surface area contributed by atoms with Gasteiger partial charge in [0.1, 0.15) is 4.88 Å². The fraction of sp³-hybridized carbons (Fsp3) is 0.556. The number of aromatic nitrogens is 1. The van der Waals surface area contributed by atoms with Crippen molar-refractivity contribution in [2.45, 2.75) is 26.2 Å². The van der Waals surface area contributed by atoms with Gasteiger partial charge in [-0.2, -0.15) is 0 Å². The summed E-state index contributed by atoms with van der Waals surface area (Å²) >= 11 is 1.18. The number of rotatable bonds is 6. The minimum atomic E-state index is -0.913. The minimum absolute atomic E-state index is 0.281. The molecule has 1 aromatic rings. The molecule has 0 fully saturated rings. The maximum Gasteiger partial charge on any atom is 0.347 e. The lowest BCUT2D eigenvalue weighted by molar-refractivity contribution is 0.0702. The van der Waals surface area contributed by atoms with Crippen LogP contribution < -0.4 is 5.32 Å². The first-order chi connectivity index (χ1) is 6.74. The minimum Gasteiger partial charge on any atom is -0.477 e. The topological polar surface area (TPSA) is 62.2 Å². The lowest BCUT2D eigenvalue weighted by Gasteiger charge is -1.99. The van der Waals surface area contributed by atoms with Crippen LogP contribution in [0.4, 0.5) is 5.13 Å². The van der Waals surface area contributed by atoms with Crippen molar-refractivity contribution in [3.8, 4) is 0 Å². The zero-order chi connectivity index (χ0) is 10.4. The van der Waals surface area contributed by atoms with Crippen LogP contribution in [0, 0.1) is 0 Å². The van der Waals surface area contributed by atoms with Crippen molar-refractivity contribution < 1.29 is 9.90 Å². The Labute approximate surface area is 87.0 Å². The van der Waals surface area contributed by atoms with Crippen LogP contribution in [-0.2, 0) is 0 Å². The van der Waals surface area contributed by atoms with Crippen molar-refractivity contribution in [2.75, 3.05) is 11.9 Å². The molecule has 0 saturated carbocycles. The molecule has 0 aliphatic rings. The SMILES string of the molecule is CCCCCNc1ncc(C(=O)O)s1. The first kappa shape index (κ1) is 11.0. The maximum atomic E-state index is 10.5. The summed E-state index contributed by atoms with van der Waals surface area (Å²) in [7, 11) is 0. The Bertz CT molecular complexity index is 299. The molecule has 0 amide bonds. The van der Waals surface area contributed by atoms with Crippen LogP contribution in [0.5, 0.6) is 0 Å². The zero-order valence-corrected chi connectivity index (χ0v) is 8.93. The van der Waals surface area contributed by atoms with Gasteiger partial charge in [0.15, 0.2) is 5.13 Å². The van der Waals surface area contributed by atoms with Gasteiger partial charge in [-0.1, -0.05) is 31.1 Å². The van der Waals surface area contributed by atoms with E-state index in [9.17, 15) is 4.79 Å². The van der Waals surface area contributed by atoms with Crippen molar-refractivity contribution >= 4 is 22.4 Å². The normalized spacial score (nSPS) is 10.1. The van der Waals surface area contributed by atoms with Crippen molar-refractivity contribution in [1.82, 2.24) is 4.98 Å². The second-order valence-corrected chi connectivity index (χ2v) is 4.00. The summed E-state index contributed by atoms with van der Waals surface area (Å²) in [6, 6.07) is 0. The van der Waals surface area contributed by atoms with Gasteiger partial charge in [0, 0.05) is 6.54 Å². The Morgan fingerprint density at radius 3 is 3.00 bits per heavy atom. The van der Waals surface area contributed by atoms with E-state index in [1.165, 1.54) is 30.4 Å². The molecule has 1 rings (SSSR count). The van der Waals surface area contributed by atoms with E-state index in [4.69, 9.17) is 5.11 Å². The summed E-state index contributed by atoms with van der Waals surface area (Å²) in [4.78, 5) is 14.8. The number of nitrogens with zero attached hydrogens (tertiary/aromatic N) is 1. The molecule has 78 valence electrons. The smallest absolute Gasteiger partial charge is 0.347 e. The highest BCUT2D eigenvalue weighted by molar-refractivity contribution is 7.17. The van der Waals surface area contributed by atoms with E-state index in [1.54, 1.807) is 0 Å². The molecule has 0 unspecified atom stereocenters. The Balaban J connectivity index is 2.33. The molecule has 1 aromatic heterocycles. The van der Waals surface area contributed by atoms with Crippen LogP contribution in [0.25, 0.3) is 0 Å². The number of unbranched alkanes of at least 4 members (excludes halogenated alkanes) is 2. The predicted octanol–water partition coefficient (Wildman–Crippen LogP) is 2.44. The highest BCUT2D eigenvalue weighted by atomic mass is 32.1. The number of hydrogen-bond acceptors (Lipinski definition) is 4. The third kappa shape index (κ3) is 3.33. The number of anilines is 1. The first-order valence-electron chi connectivity index (χ1n) is 4.67. The molecule has 14 heavy (non-hydrogen) atoms. The van der Waals surface area contributed by atoms with Crippen LogP contribution >= 0.6 is 11.3 Å². The molecule has 5 heteroatoms. The van der Waals surface area contributed by atoms with E-state index in [2.05, 4.69) is 17.2 Å². The van der Waals surface area contributed by atoms with E-state index in [0.29, 0.717) is 5.13 Å². The van der Waals surface area contributed by atoms with Gasteiger partial charge < -0.3 is 10.4 Å². The Morgan fingerprint density at radius 2 is 2.43 bits per heavy atom. The molecule has 0 aliphatic carbocycles. The van der Waals surface area contributed by atoms with Crippen molar-refractivity contribution in [3.63, 3.8) is 0 Å². The van der Waals surface area contributed by atoms with Crippen LogP contribution in [0.1, 0.15) is 35.9 Å². The summed E-state index contributed by atoms with van der Waals surface area (Å²) < 4.78 is 0. The Kier molecular flexibility index (Phi) is 4.39. The van der Waals surface area contributed by atoms with Crippen LogP contribution in [0.15, 0.2) is 6.20 Å². The fourth-order valence-corrected chi connectivity index (χ4v) is 1.71. The molecular formula is C9H14N2O2S. The standard InChI is InChI=1S/C9H14N2O2S/c1-2-3-4-5-10-9-11-6-7(14-9)8(12)13/h6H,2-5H2,1H3,(H,10,11)(H,12,13). The number of carboxylic acids is 1. The van der Waals surface area contributed by atoms with Crippen LogP contribution in [-0.4, -0.2) is 22.6 Å². The molecule has 1 heterocycles. The van der Waals surface area contributed by atoms with Gasteiger partial charge >= 0.3 is 5.97 Å². The molecule has 0 saturated heterocycles. The van der Waals surface area contributed by atoms with E-state index >= 15 is 0 Å². The molecule has 0 spiro atoms. The van der Waals surface area contributed by atoms with Gasteiger partial charge in [0.05, 0.1) is 6.20 Å². The summed E-state index contributed by atoms with van der Waals surface area (Å²) in [6.45, 7) is 3.01. The second-order valence-electron chi connectivity index (χ2n) is 2.97. The molecule has 0 bridgehead atoms. The van der Waals surface area contributed by atoms with Crippen molar-refractivity contribution in [2.24, 2.45) is 0 Å². The van der Waals surface area contributed by atoms with Crippen LogP contribution in [0.2, 0.25) is 0 Å². The largest absolute Gasteiger partial charge is 0.477 e. The molecule has 0 radical (unpaired) electrons. The number of nitrogens with one attached hydrogen (secondary N) is 1. The summed E-state index contributed by atoms with van der Waals surface area (Å²) in [5.74, 6) is -0.913. The number of carboxylic acid groups (broad SMARTS) is 1. The number of hydrogen-bond donors (Lipinski definition) is 2.